The SMILES string of the molecule is CCCCN(CCCC)CCCNCc1ccc(OCc2ccc(Cl)c(Cl)c2)cc1. The lowest BCUT2D eigenvalue weighted by Crippen LogP contribution is -2.29. The van der Waals surface area contributed by atoms with Crippen LogP contribution in [-0.2, 0) is 13.2 Å². The molecule has 0 saturated heterocycles. The van der Waals surface area contributed by atoms with Gasteiger partial charge in [0.2, 0.25) is 0 Å². The Morgan fingerprint density at radius 1 is 0.800 bits per heavy atom. The van der Waals surface area contributed by atoms with Crippen LogP contribution in [0.15, 0.2) is 42.5 Å². The van der Waals surface area contributed by atoms with Gasteiger partial charge in [-0.3, -0.25) is 0 Å². The summed E-state index contributed by atoms with van der Waals surface area (Å²) in [5.41, 5.74) is 2.27. The number of hydrogen-bond acceptors (Lipinski definition) is 3. The van der Waals surface area contributed by atoms with E-state index in [1.54, 1.807) is 6.07 Å². The minimum absolute atomic E-state index is 0.473. The molecule has 1 N–H and O–H groups in total. The van der Waals surface area contributed by atoms with E-state index in [2.05, 4.69) is 36.2 Å². The molecule has 0 unspecified atom stereocenters. The average molecular weight is 451 g/mol. The van der Waals surface area contributed by atoms with Crippen molar-refractivity contribution in [2.75, 3.05) is 26.2 Å². The van der Waals surface area contributed by atoms with Crippen LogP contribution in [-0.4, -0.2) is 31.1 Å². The van der Waals surface area contributed by atoms with E-state index >= 15 is 0 Å². The van der Waals surface area contributed by atoms with Crippen molar-refractivity contribution in [1.82, 2.24) is 10.2 Å². The fourth-order valence-electron chi connectivity index (χ4n) is 3.26. The molecule has 0 aromatic heterocycles. The topological polar surface area (TPSA) is 24.5 Å². The molecule has 0 saturated carbocycles. The lowest BCUT2D eigenvalue weighted by Gasteiger charge is -2.22. The molecule has 30 heavy (non-hydrogen) atoms. The first-order chi connectivity index (χ1) is 14.6. The van der Waals surface area contributed by atoms with Crippen molar-refractivity contribution in [3.63, 3.8) is 0 Å². The smallest absolute Gasteiger partial charge is 0.119 e. The van der Waals surface area contributed by atoms with Gasteiger partial charge in [-0.15, -0.1) is 0 Å². The zero-order valence-electron chi connectivity index (χ0n) is 18.4. The van der Waals surface area contributed by atoms with Gasteiger partial charge in [0.25, 0.3) is 0 Å². The molecule has 5 heteroatoms. The normalized spacial score (nSPS) is 11.2. The van der Waals surface area contributed by atoms with Crippen LogP contribution in [0.3, 0.4) is 0 Å². The first kappa shape index (κ1) is 25.0. The van der Waals surface area contributed by atoms with E-state index in [0.717, 1.165) is 24.4 Å². The maximum absolute atomic E-state index is 6.05. The van der Waals surface area contributed by atoms with Gasteiger partial charge in [-0.05, 0) is 80.8 Å². The number of unbranched alkanes of at least 4 members (excludes halogenated alkanes) is 2. The van der Waals surface area contributed by atoms with Gasteiger partial charge in [-0.2, -0.15) is 0 Å². The summed E-state index contributed by atoms with van der Waals surface area (Å²) in [5.74, 6) is 0.854. The summed E-state index contributed by atoms with van der Waals surface area (Å²) in [4.78, 5) is 2.62. The Morgan fingerprint density at radius 3 is 2.07 bits per heavy atom. The number of hydrogen-bond donors (Lipinski definition) is 1. The molecule has 0 bridgehead atoms. The molecular weight excluding hydrogens is 415 g/mol. The Bertz CT molecular complexity index is 714. The van der Waals surface area contributed by atoms with Crippen LogP contribution in [0.5, 0.6) is 5.75 Å². The Labute approximate surface area is 192 Å². The predicted octanol–water partition coefficient (Wildman–Crippen LogP) is 6.95. The molecule has 2 aromatic carbocycles. The molecule has 0 heterocycles. The van der Waals surface area contributed by atoms with Gasteiger partial charge in [0.05, 0.1) is 10.0 Å². The summed E-state index contributed by atoms with van der Waals surface area (Å²) in [7, 11) is 0. The third-order valence-corrected chi connectivity index (χ3v) is 5.86. The zero-order chi connectivity index (χ0) is 21.6. The molecule has 0 amide bonds. The van der Waals surface area contributed by atoms with Crippen molar-refractivity contribution in [3.05, 3.63) is 63.6 Å². The number of nitrogens with zero attached hydrogens (tertiary/aromatic N) is 1. The van der Waals surface area contributed by atoms with Crippen LogP contribution >= 0.6 is 23.2 Å². The molecule has 0 atom stereocenters. The van der Waals surface area contributed by atoms with E-state index in [1.807, 2.05) is 24.3 Å². The van der Waals surface area contributed by atoms with Gasteiger partial charge in [0.15, 0.2) is 0 Å². The van der Waals surface area contributed by atoms with Gasteiger partial charge >= 0.3 is 0 Å². The van der Waals surface area contributed by atoms with Crippen molar-refractivity contribution >= 4 is 23.2 Å². The van der Waals surface area contributed by atoms with Crippen molar-refractivity contribution in [3.8, 4) is 5.75 Å². The molecule has 0 spiro atoms. The third kappa shape index (κ3) is 9.70. The summed E-state index contributed by atoms with van der Waals surface area (Å²) in [6, 6.07) is 13.8. The quantitative estimate of drug-likeness (QED) is 0.297. The lowest BCUT2D eigenvalue weighted by atomic mass is 10.2. The summed E-state index contributed by atoms with van der Waals surface area (Å²) < 4.78 is 5.85. The van der Waals surface area contributed by atoms with E-state index in [9.17, 15) is 0 Å². The first-order valence-corrected chi connectivity index (χ1v) is 12.0. The minimum atomic E-state index is 0.473. The highest BCUT2D eigenvalue weighted by Gasteiger charge is 2.04. The average Bonchev–Trinajstić information content (AvgIpc) is 2.76. The molecule has 0 aliphatic rings. The molecule has 3 nitrogen and oxygen atoms in total. The Balaban J connectivity index is 1.65. The minimum Gasteiger partial charge on any atom is -0.489 e. The van der Waals surface area contributed by atoms with E-state index in [4.69, 9.17) is 27.9 Å². The number of ether oxygens (including phenoxy) is 1. The van der Waals surface area contributed by atoms with E-state index in [-0.39, 0.29) is 0 Å². The first-order valence-electron chi connectivity index (χ1n) is 11.2. The molecule has 0 fully saturated rings. The number of nitrogens with one attached hydrogen (secondary N) is 1. The number of halogens is 2. The van der Waals surface area contributed by atoms with Gasteiger partial charge in [-0.1, -0.05) is 68.1 Å². The van der Waals surface area contributed by atoms with Crippen LogP contribution in [0.1, 0.15) is 57.1 Å². The van der Waals surface area contributed by atoms with Crippen LogP contribution in [0.2, 0.25) is 10.0 Å². The number of benzene rings is 2. The Kier molecular flexibility index (Phi) is 12.2. The van der Waals surface area contributed by atoms with Crippen molar-refractivity contribution < 1.29 is 4.74 Å². The number of rotatable bonds is 15. The zero-order valence-corrected chi connectivity index (χ0v) is 19.9. The Hall–Kier alpha value is -1.26. The second-order valence-electron chi connectivity index (χ2n) is 7.76. The summed E-state index contributed by atoms with van der Waals surface area (Å²) in [6.45, 7) is 10.6. The van der Waals surface area contributed by atoms with E-state index in [0.29, 0.717) is 16.7 Å². The highest BCUT2D eigenvalue weighted by Crippen LogP contribution is 2.23. The van der Waals surface area contributed by atoms with Gasteiger partial charge in [0, 0.05) is 6.54 Å². The third-order valence-electron chi connectivity index (χ3n) is 5.13. The second kappa shape index (κ2) is 14.7. The molecule has 0 radical (unpaired) electrons. The van der Waals surface area contributed by atoms with Crippen LogP contribution < -0.4 is 10.1 Å². The van der Waals surface area contributed by atoms with Gasteiger partial charge in [-0.25, -0.2) is 0 Å². The predicted molar refractivity (Wildman–Crippen MR) is 130 cm³/mol. The van der Waals surface area contributed by atoms with Crippen molar-refractivity contribution in [2.45, 2.75) is 59.1 Å². The lowest BCUT2D eigenvalue weighted by molar-refractivity contribution is 0.261. The maximum atomic E-state index is 6.05. The van der Waals surface area contributed by atoms with E-state index in [1.165, 1.54) is 57.3 Å². The summed E-state index contributed by atoms with van der Waals surface area (Å²) in [6.07, 6.45) is 6.34. The van der Waals surface area contributed by atoms with Crippen LogP contribution in [0.25, 0.3) is 0 Å². The highest BCUT2D eigenvalue weighted by molar-refractivity contribution is 6.42. The second-order valence-corrected chi connectivity index (χ2v) is 8.57. The standard InChI is InChI=1S/C25H36Cl2N2O/c1-3-5-15-29(16-6-4-2)17-7-14-28-19-21-8-11-23(12-9-21)30-20-22-10-13-24(26)25(27)18-22/h8-13,18,28H,3-7,14-17,19-20H2,1-2H3. The summed E-state index contributed by atoms with van der Waals surface area (Å²) >= 11 is 12.0. The molecule has 0 aliphatic heterocycles. The molecular formula is C25H36Cl2N2O. The maximum Gasteiger partial charge on any atom is 0.119 e. The van der Waals surface area contributed by atoms with E-state index < -0.39 is 0 Å². The molecule has 2 rings (SSSR count). The van der Waals surface area contributed by atoms with Crippen molar-refractivity contribution in [2.24, 2.45) is 0 Å². The molecule has 166 valence electrons. The molecule has 0 aliphatic carbocycles. The van der Waals surface area contributed by atoms with Gasteiger partial charge < -0.3 is 15.0 Å². The largest absolute Gasteiger partial charge is 0.489 e. The Morgan fingerprint density at radius 2 is 1.43 bits per heavy atom. The van der Waals surface area contributed by atoms with Crippen molar-refractivity contribution in [1.29, 1.82) is 0 Å². The van der Waals surface area contributed by atoms with Crippen LogP contribution in [0, 0.1) is 0 Å². The van der Waals surface area contributed by atoms with Gasteiger partial charge in [0.1, 0.15) is 12.4 Å². The fourth-order valence-corrected chi connectivity index (χ4v) is 3.58. The monoisotopic (exact) mass is 450 g/mol. The summed E-state index contributed by atoms with van der Waals surface area (Å²) in [5, 5.41) is 4.68. The highest BCUT2D eigenvalue weighted by atomic mass is 35.5. The fraction of sp³-hybridized carbons (Fsp3) is 0.520. The van der Waals surface area contributed by atoms with Crippen LogP contribution in [0.4, 0.5) is 0 Å². The molecule has 2 aromatic rings.